The zero-order chi connectivity index (χ0) is 14.2. The van der Waals surface area contributed by atoms with Crippen LogP contribution in [-0.2, 0) is 4.74 Å². The van der Waals surface area contributed by atoms with Crippen LogP contribution in [0, 0.1) is 0 Å². The molecular weight excluding hydrogens is 252 g/mol. The molecule has 0 bridgehead atoms. The van der Waals surface area contributed by atoms with Gasteiger partial charge in [0.15, 0.2) is 0 Å². The topological polar surface area (TPSA) is 33.7 Å². The van der Waals surface area contributed by atoms with E-state index in [1.54, 1.807) is 0 Å². The Morgan fingerprint density at radius 2 is 2.00 bits per heavy atom. The maximum Gasteiger partial charge on any atom is 0.119 e. The fraction of sp³-hybridized carbons (Fsp3) is 0.500. The number of nitrogens with one attached hydrogen (secondary N) is 1. The third kappa shape index (κ3) is 5.23. The quantitative estimate of drug-likeness (QED) is 0.776. The van der Waals surface area contributed by atoms with Gasteiger partial charge in [0.2, 0.25) is 0 Å². The number of benzene rings is 1. The van der Waals surface area contributed by atoms with Crippen molar-refractivity contribution in [2.45, 2.75) is 13.3 Å². The number of ether oxygens (including phenoxy) is 2. The summed E-state index contributed by atoms with van der Waals surface area (Å²) in [6, 6.07) is 7.98. The summed E-state index contributed by atoms with van der Waals surface area (Å²) in [6.45, 7) is 11.4. The minimum Gasteiger partial charge on any atom is -0.494 e. The van der Waals surface area contributed by atoms with Gasteiger partial charge in [0.1, 0.15) is 5.75 Å². The molecule has 0 aromatic heterocycles. The minimum atomic E-state index is 0.755. The van der Waals surface area contributed by atoms with Gasteiger partial charge in [-0.2, -0.15) is 0 Å². The second-order valence-corrected chi connectivity index (χ2v) is 5.09. The van der Waals surface area contributed by atoms with Crippen LogP contribution in [0.3, 0.4) is 0 Å². The van der Waals surface area contributed by atoms with Crippen LogP contribution in [0.2, 0.25) is 0 Å². The maximum atomic E-state index is 5.75. The first-order valence-electron chi connectivity index (χ1n) is 7.19. The van der Waals surface area contributed by atoms with Gasteiger partial charge in [0.05, 0.1) is 19.8 Å². The molecule has 0 saturated carbocycles. The molecule has 4 heteroatoms. The molecule has 110 valence electrons. The molecule has 1 fully saturated rings. The summed E-state index contributed by atoms with van der Waals surface area (Å²) >= 11 is 0. The van der Waals surface area contributed by atoms with Crippen LogP contribution in [0.1, 0.15) is 13.3 Å². The van der Waals surface area contributed by atoms with Gasteiger partial charge in [-0.1, -0.05) is 6.58 Å². The van der Waals surface area contributed by atoms with Gasteiger partial charge in [-0.05, 0) is 37.6 Å². The van der Waals surface area contributed by atoms with Crippen molar-refractivity contribution in [3.63, 3.8) is 0 Å². The van der Waals surface area contributed by atoms with E-state index < -0.39 is 0 Å². The van der Waals surface area contributed by atoms with E-state index in [9.17, 15) is 0 Å². The first-order valence-corrected chi connectivity index (χ1v) is 7.19. The Bertz CT molecular complexity index is 411. The van der Waals surface area contributed by atoms with E-state index >= 15 is 0 Å². The lowest BCUT2D eigenvalue weighted by atomic mass is 10.3. The second kappa shape index (κ2) is 7.92. The Balaban J connectivity index is 1.64. The van der Waals surface area contributed by atoms with Gasteiger partial charge in [0.25, 0.3) is 0 Å². The Labute approximate surface area is 121 Å². The summed E-state index contributed by atoms with van der Waals surface area (Å²) in [5.74, 6) is 0.916. The molecule has 1 N–H and O–H groups in total. The van der Waals surface area contributed by atoms with Crippen molar-refractivity contribution in [2.24, 2.45) is 0 Å². The molecule has 1 heterocycles. The van der Waals surface area contributed by atoms with Crippen molar-refractivity contribution in [1.29, 1.82) is 0 Å². The first kappa shape index (κ1) is 14.9. The Kier molecular flexibility index (Phi) is 5.89. The van der Waals surface area contributed by atoms with Crippen LogP contribution in [0.25, 0.3) is 0 Å². The highest BCUT2D eigenvalue weighted by atomic mass is 16.5. The van der Waals surface area contributed by atoms with Gasteiger partial charge in [-0.3, -0.25) is 4.90 Å². The van der Waals surface area contributed by atoms with Crippen LogP contribution >= 0.6 is 0 Å². The summed E-state index contributed by atoms with van der Waals surface area (Å²) < 4.78 is 11.1. The molecule has 1 aromatic rings. The molecule has 1 saturated heterocycles. The largest absolute Gasteiger partial charge is 0.494 e. The van der Waals surface area contributed by atoms with Gasteiger partial charge in [-0.25, -0.2) is 0 Å². The predicted molar refractivity (Wildman–Crippen MR) is 82.2 cm³/mol. The monoisotopic (exact) mass is 276 g/mol. The lowest BCUT2D eigenvalue weighted by Gasteiger charge is -2.26. The van der Waals surface area contributed by atoms with Crippen molar-refractivity contribution < 1.29 is 9.47 Å². The standard InChI is InChI=1S/C16H24N2O2/c1-14(2)17-15-4-6-16(7-5-15)20-11-3-8-18-9-12-19-13-10-18/h4-7,17H,1,3,8-13H2,2H3. The van der Waals surface area contributed by atoms with Crippen LogP contribution < -0.4 is 10.1 Å². The van der Waals surface area contributed by atoms with Crippen LogP contribution in [0.5, 0.6) is 5.75 Å². The Morgan fingerprint density at radius 3 is 2.65 bits per heavy atom. The van der Waals surface area contributed by atoms with E-state index in [2.05, 4.69) is 16.8 Å². The molecule has 0 radical (unpaired) electrons. The summed E-state index contributed by atoms with van der Waals surface area (Å²) in [5, 5.41) is 3.17. The third-order valence-corrected chi connectivity index (χ3v) is 3.20. The lowest BCUT2D eigenvalue weighted by molar-refractivity contribution is 0.0358. The Morgan fingerprint density at radius 1 is 1.30 bits per heavy atom. The molecule has 1 aliphatic heterocycles. The van der Waals surface area contributed by atoms with E-state index in [1.165, 1.54) is 0 Å². The summed E-state index contributed by atoms with van der Waals surface area (Å²) in [7, 11) is 0. The molecular formula is C16H24N2O2. The number of rotatable bonds is 7. The number of hydrogen-bond acceptors (Lipinski definition) is 4. The summed E-state index contributed by atoms with van der Waals surface area (Å²) in [5.41, 5.74) is 1.97. The van der Waals surface area contributed by atoms with E-state index in [1.807, 2.05) is 31.2 Å². The van der Waals surface area contributed by atoms with E-state index in [0.717, 1.165) is 63.0 Å². The Hall–Kier alpha value is -1.52. The molecule has 0 atom stereocenters. The van der Waals surface area contributed by atoms with Crippen LogP contribution in [0.15, 0.2) is 36.5 Å². The molecule has 0 aliphatic carbocycles. The zero-order valence-electron chi connectivity index (χ0n) is 12.2. The number of anilines is 1. The molecule has 0 spiro atoms. The molecule has 2 rings (SSSR count). The number of nitrogens with zero attached hydrogens (tertiary/aromatic N) is 1. The highest BCUT2D eigenvalue weighted by Gasteiger charge is 2.09. The van der Waals surface area contributed by atoms with Crippen LogP contribution in [0.4, 0.5) is 5.69 Å². The SMILES string of the molecule is C=C(C)Nc1ccc(OCCCN2CCOCC2)cc1. The van der Waals surface area contributed by atoms with Gasteiger partial charge >= 0.3 is 0 Å². The fourth-order valence-electron chi connectivity index (χ4n) is 2.18. The molecule has 1 aliphatic rings. The number of morpholine rings is 1. The van der Waals surface area contributed by atoms with Crippen molar-refractivity contribution in [2.75, 3.05) is 44.8 Å². The van der Waals surface area contributed by atoms with Crippen molar-refractivity contribution >= 4 is 5.69 Å². The zero-order valence-corrected chi connectivity index (χ0v) is 12.2. The van der Waals surface area contributed by atoms with Crippen LogP contribution in [-0.4, -0.2) is 44.4 Å². The lowest BCUT2D eigenvalue weighted by Crippen LogP contribution is -2.37. The van der Waals surface area contributed by atoms with Gasteiger partial charge < -0.3 is 14.8 Å². The summed E-state index contributed by atoms with van der Waals surface area (Å²) in [4.78, 5) is 2.42. The van der Waals surface area contributed by atoms with Crippen molar-refractivity contribution in [1.82, 2.24) is 4.90 Å². The predicted octanol–water partition coefficient (Wildman–Crippen LogP) is 2.73. The average molecular weight is 276 g/mol. The number of allylic oxidation sites excluding steroid dienone is 1. The first-order chi connectivity index (χ1) is 9.74. The van der Waals surface area contributed by atoms with E-state index in [-0.39, 0.29) is 0 Å². The number of hydrogen-bond donors (Lipinski definition) is 1. The molecule has 0 amide bonds. The van der Waals surface area contributed by atoms with E-state index in [0.29, 0.717) is 0 Å². The maximum absolute atomic E-state index is 5.75. The second-order valence-electron chi connectivity index (χ2n) is 5.09. The third-order valence-electron chi connectivity index (χ3n) is 3.20. The fourth-order valence-corrected chi connectivity index (χ4v) is 2.18. The van der Waals surface area contributed by atoms with Crippen molar-refractivity contribution in [3.8, 4) is 5.75 Å². The molecule has 0 unspecified atom stereocenters. The molecule has 20 heavy (non-hydrogen) atoms. The molecule has 1 aromatic carbocycles. The van der Waals surface area contributed by atoms with Crippen molar-refractivity contribution in [3.05, 3.63) is 36.5 Å². The van der Waals surface area contributed by atoms with Gasteiger partial charge in [0, 0.05) is 31.0 Å². The van der Waals surface area contributed by atoms with E-state index in [4.69, 9.17) is 9.47 Å². The van der Waals surface area contributed by atoms with Gasteiger partial charge in [-0.15, -0.1) is 0 Å². The minimum absolute atomic E-state index is 0.755. The molecule has 4 nitrogen and oxygen atoms in total. The average Bonchev–Trinajstić information content (AvgIpc) is 2.46. The highest BCUT2D eigenvalue weighted by molar-refractivity contribution is 5.49. The highest BCUT2D eigenvalue weighted by Crippen LogP contribution is 2.16. The summed E-state index contributed by atoms with van der Waals surface area (Å²) in [6.07, 6.45) is 1.05. The smallest absolute Gasteiger partial charge is 0.119 e. The normalized spacial score (nSPS) is 15.8.